The van der Waals surface area contributed by atoms with Crippen LogP contribution in [0.5, 0.6) is 0 Å². The van der Waals surface area contributed by atoms with Crippen molar-refractivity contribution in [3.05, 3.63) is 76.2 Å². The minimum atomic E-state index is -0.0901. The first-order valence-electron chi connectivity index (χ1n) is 9.60. The number of furan rings is 1. The zero-order valence-electron chi connectivity index (χ0n) is 15.8. The van der Waals surface area contributed by atoms with Crippen LogP contribution in [0.25, 0.3) is 11.3 Å². The van der Waals surface area contributed by atoms with Gasteiger partial charge in [-0.3, -0.25) is 4.98 Å². The lowest BCUT2D eigenvalue weighted by atomic mass is 10.0. The molecule has 5 rings (SSSR count). The van der Waals surface area contributed by atoms with Gasteiger partial charge in [0.2, 0.25) is 0 Å². The lowest BCUT2D eigenvalue weighted by Gasteiger charge is -2.30. The fraction of sp³-hybridized carbons (Fsp3) is 0.273. The molecule has 0 unspecified atom stereocenters. The van der Waals surface area contributed by atoms with Crippen molar-refractivity contribution in [1.82, 2.24) is 9.88 Å². The number of benzene rings is 1. The van der Waals surface area contributed by atoms with Crippen molar-refractivity contribution in [3.63, 3.8) is 0 Å². The van der Waals surface area contributed by atoms with E-state index in [9.17, 15) is 0 Å². The van der Waals surface area contributed by atoms with Crippen LogP contribution in [0.1, 0.15) is 36.9 Å². The molecule has 0 N–H and O–H groups in total. The number of amidine groups is 1. The first-order chi connectivity index (χ1) is 14.2. The van der Waals surface area contributed by atoms with Gasteiger partial charge in [0, 0.05) is 28.6 Å². The van der Waals surface area contributed by atoms with Crippen LogP contribution >= 0.6 is 35.0 Å². The smallest absolute Gasteiger partial charge is 0.161 e. The molecule has 3 atom stereocenters. The number of hydrogen-bond acceptors (Lipinski definition) is 5. The third-order valence-corrected chi connectivity index (χ3v) is 7.12. The molecule has 4 heterocycles. The molecule has 1 saturated heterocycles. The maximum absolute atomic E-state index is 6.40. The lowest BCUT2D eigenvalue weighted by molar-refractivity contribution is 0.226. The minimum absolute atomic E-state index is 0.0142. The number of pyridine rings is 1. The van der Waals surface area contributed by atoms with Crippen molar-refractivity contribution >= 4 is 40.1 Å². The first kappa shape index (κ1) is 19.0. The summed E-state index contributed by atoms with van der Waals surface area (Å²) in [7, 11) is 0. The highest BCUT2D eigenvalue weighted by Crippen LogP contribution is 2.49. The van der Waals surface area contributed by atoms with Crippen LogP contribution in [0.2, 0.25) is 10.0 Å². The molecule has 148 valence electrons. The normalized spacial score (nSPS) is 23.3. The van der Waals surface area contributed by atoms with Gasteiger partial charge in [-0.2, -0.15) is 0 Å². The van der Waals surface area contributed by atoms with Crippen molar-refractivity contribution < 1.29 is 4.42 Å². The topological polar surface area (TPSA) is 41.6 Å². The second-order valence-electron chi connectivity index (χ2n) is 7.16. The maximum Gasteiger partial charge on any atom is 0.161 e. The van der Waals surface area contributed by atoms with Gasteiger partial charge in [0.25, 0.3) is 0 Å². The van der Waals surface area contributed by atoms with Crippen LogP contribution in [0.3, 0.4) is 0 Å². The molecule has 0 radical (unpaired) electrons. The number of aromatic nitrogens is 1. The Bertz CT molecular complexity index is 1070. The fourth-order valence-corrected chi connectivity index (χ4v) is 5.84. The Kier molecular flexibility index (Phi) is 5.06. The molecule has 2 aliphatic rings. The van der Waals surface area contributed by atoms with Crippen LogP contribution in [0, 0.1) is 0 Å². The van der Waals surface area contributed by atoms with Crippen LogP contribution in [0.15, 0.2) is 64.1 Å². The SMILES string of the molecule is CC[C@H]1CSC2=N[C@@H](c3ccccn3)[C@@H](c3ccc(-c4ccc(Cl)cc4Cl)o3)N21. The lowest BCUT2D eigenvalue weighted by Crippen LogP contribution is -2.35. The quantitative estimate of drug-likeness (QED) is 0.453. The van der Waals surface area contributed by atoms with Crippen molar-refractivity contribution in [1.29, 1.82) is 0 Å². The molecule has 1 fully saturated rings. The van der Waals surface area contributed by atoms with E-state index in [-0.39, 0.29) is 12.1 Å². The number of thioether (sulfide) groups is 1. The van der Waals surface area contributed by atoms with E-state index in [1.54, 1.807) is 6.07 Å². The predicted molar refractivity (Wildman–Crippen MR) is 120 cm³/mol. The van der Waals surface area contributed by atoms with Crippen LogP contribution in [-0.2, 0) is 0 Å². The Morgan fingerprint density at radius 1 is 1.17 bits per heavy atom. The second-order valence-corrected chi connectivity index (χ2v) is 8.99. The Morgan fingerprint density at radius 3 is 2.83 bits per heavy atom. The van der Waals surface area contributed by atoms with E-state index in [1.165, 1.54) is 0 Å². The van der Waals surface area contributed by atoms with Gasteiger partial charge in [-0.05, 0) is 48.9 Å². The van der Waals surface area contributed by atoms with Crippen molar-refractivity contribution in [2.45, 2.75) is 31.5 Å². The van der Waals surface area contributed by atoms with E-state index >= 15 is 0 Å². The number of rotatable bonds is 4. The molecule has 29 heavy (non-hydrogen) atoms. The van der Waals surface area contributed by atoms with Crippen LogP contribution < -0.4 is 0 Å². The molecule has 2 aliphatic heterocycles. The zero-order valence-corrected chi connectivity index (χ0v) is 18.1. The highest BCUT2D eigenvalue weighted by atomic mass is 35.5. The summed E-state index contributed by atoms with van der Waals surface area (Å²) < 4.78 is 6.35. The molecule has 4 nitrogen and oxygen atoms in total. The van der Waals surface area contributed by atoms with Crippen molar-refractivity contribution in [2.75, 3.05) is 5.75 Å². The number of nitrogens with zero attached hydrogens (tertiary/aromatic N) is 3. The summed E-state index contributed by atoms with van der Waals surface area (Å²) >= 11 is 14.3. The molecule has 0 spiro atoms. The molecule has 3 aromatic rings. The summed E-state index contributed by atoms with van der Waals surface area (Å²) in [5, 5.41) is 2.26. The highest BCUT2D eigenvalue weighted by Gasteiger charge is 2.46. The third kappa shape index (κ3) is 3.35. The van der Waals surface area contributed by atoms with E-state index in [0.29, 0.717) is 16.1 Å². The Balaban J connectivity index is 1.56. The molecular formula is C22H19Cl2N3OS. The highest BCUT2D eigenvalue weighted by molar-refractivity contribution is 8.14. The summed E-state index contributed by atoms with van der Waals surface area (Å²) in [6.45, 7) is 2.22. The largest absolute Gasteiger partial charge is 0.459 e. The number of aliphatic imine (C=N–C) groups is 1. The van der Waals surface area contributed by atoms with Gasteiger partial charge in [0.05, 0.1) is 10.7 Å². The van der Waals surface area contributed by atoms with Crippen molar-refractivity contribution in [2.24, 2.45) is 4.99 Å². The first-order valence-corrected chi connectivity index (χ1v) is 11.3. The minimum Gasteiger partial charge on any atom is -0.459 e. The van der Waals surface area contributed by atoms with Crippen LogP contribution in [0.4, 0.5) is 0 Å². The van der Waals surface area contributed by atoms with Gasteiger partial charge in [-0.25, -0.2) is 4.99 Å². The summed E-state index contributed by atoms with van der Waals surface area (Å²) in [4.78, 5) is 12.0. The van der Waals surface area contributed by atoms with Crippen molar-refractivity contribution in [3.8, 4) is 11.3 Å². The van der Waals surface area contributed by atoms with E-state index in [4.69, 9.17) is 32.6 Å². The molecule has 0 amide bonds. The molecule has 0 saturated carbocycles. The fourth-order valence-electron chi connectivity index (χ4n) is 4.01. The average Bonchev–Trinajstić information content (AvgIpc) is 3.43. The average molecular weight is 444 g/mol. The third-order valence-electron chi connectivity index (χ3n) is 5.44. The molecule has 7 heteroatoms. The second kappa shape index (κ2) is 7.71. The number of halogens is 2. The summed E-state index contributed by atoms with van der Waals surface area (Å²) in [6.07, 6.45) is 2.88. The monoisotopic (exact) mass is 443 g/mol. The van der Waals surface area contributed by atoms with Gasteiger partial charge in [-0.1, -0.05) is 48.0 Å². The van der Waals surface area contributed by atoms with Gasteiger partial charge < -0.3 is 9.32 Å². The van der Waals surface area contributed by atoms with E-state index < -0.39 is 0 Å². The number of fused-ring (bicyclic) bond motifs is 1. The van der Waals surface area contributed by atoms with Crippen LogP contribution in [-0.4, -0.2) is 26.8 Å². The predicted octanol–water partition coefficient (Wildman–Crippen LogP) is 6.63. The summed E-state index contributed by atoms with van der Waals surface area (Å²) in [5.41, 5.74) is 1.79. The Morgan fingerprint density at radius 2 is 2.07 bits per heavy atom. The van der Waals surface area contributed by atoms with Gasteiger partial charge >= 0.3 is 0 Å². The molecule has 1 aromatic carbocycles. The summed E-state index contributed by atoms with van der Waals surface area (Å²) in [5.74, 6) is 2.66. The van der Waals surface area contributed by atoms with Gasteiger partial charge in [-0.15, -0.1) is 0 Å². The van der Waals surface area contributed by atoms with Gasteiger partial charge in [0.15, 0.2) is 5.17 Å². The number of hydrogen-bond donors (Lipinski definition) is 0. The standard InChI is InChI=1S/C22H19Cl2N3OS/c1-2-14-12-29-22-26-20(17-5-3-4-10-25-17)21(27(14)22)19-9-8-18(28-19)15-7-6-13(23)11-16(15)24/h3-11,14,20-21H,2,12H2,1H3/t14-,20-,21+/m0/s1. The Hall–Kier alpha value is -1.95. The summed E-state index contributed by atoms with van der Waals surface area (Å²) in [6, 6.07) is 15.8. The Labute approximate surface area is 183 Å². The van der Waals surface area contributed by atoms with Gasteiger partial charge in [0.1, 0.15) is 23.6 Å². The zero-order chi connectivity index (χ0) is 20.0. The van der Waals surface area contributed by atoms with E-state index in [1.807, 2.05) is 60.4 Å². The maximum atomic E-state index is 6.40. The molecule has 0 bridgehead atoms. The molecular weight excluding hydrogens is 425 g/mol. The van der Waals surface area contributed by atoms with E-state index in [0.717, 1.165) is 40.1 Å². The van der Waals surface area contributed by atoms with E-state index in [2.05, 4.69) is 16.8 Å². The molecule has 0 aliphatic carbocycles. The molecule has 2 aromatic heterocycles.